The lowest BCUT2D eigenvalue weighted by atomic mass is 9.43. The van der Waals surface area contributed by atoms with Crippen molar-refractivity contribution in [2.75, 3.05) is 0 Å². The number of hydrogen-bond acceptors (Lipinski definition) is 0. The summed E-state index contributed by atoms with van der Waals surface area (Å²) in [7, 11) is 0. The van der Waals surface area contributed by atoms with Gasteiger partial charge in [0.1, 0.15) is 0 Å². The average molecular weight is 301 g/mol. The van der Waals surface area contributed by atoms with Crippen LogP contribution >= 0.6 is 0 Å². The van der Waals surface area contributed by atoms with Gasteiger partial charge in [0.2, 0.25) is 0 Å². The molecule has 4 aliphatic carbocycles. The molecule has 0 amide bonds. The first kappa shape index (κ1) is 15.3. The molecule has 124 valence electrons. The summed E-state index contributed by atoms with van der Waals surface area (Å²) in [5.74, 6) is 5.86. The predicted molar refractivity (Wildman–Crippen MR) is 94.6 cm³/mol. The standard InChI is InChI=1S/C22H36/c1-5-16-9-10-19-17-14-15(2)18-8-6-7-12-22(18,4)20(17)11-13-21(16,19)3/h5,15-20H,1,6-14H2,2-4H3/t15-,16-,17-,18?,19-,20-,21+,22-/m0/s1. The van der Waals surface area contributed by atoms with Crippen molar-refractivity contribution in [3.8, 4) is 0 Å². The van der Waals surface area contributed by atoms with E-state index in [1.165, 1.54) is 57.8 Å². The second kappa shape index (κ2) is 5.12. The van der Waals surface area contributed by atoms with Crippen LogP contribution in [-0.4, -0.2) is 0 Å². The molecular formula is C22H36. The van der Waals surface area contributed by atoms with Crippen LogP contribution in [0.2, 0.25) is 0 Å². The van der Waals surface area contributed by atoms with Gasteiger partial charge in [0.15, 0.2) is 0 Å². The summed E-state index contributed by atoms with van der Waals surface area (Å²) in [6.07, 6.45) is 15.8. The van der Waals surface area contributed by atoms with Crippen LogP contribution < -0.4 is 0 Å². The Morgan fingerprint density at radius 2 is 1.64 bits per heavy atom. The predicted octanol–water partition coefficient (Wildman–Crippen LogP) is 6.47. The maximum absolute atomic E-state index is 4.18. The molecule has 0 heteroatoms. The van der Waals surface area contributed by atoms with Crippen molar-refractivity contribution in [2.24, 2.45) is 46.3 Å². The second-order valence-corrected chi connectivity index (χ2v) is 9.91. The molecule has 0 aliphatic heterocycles. The molecule has 0 spiro atoms. The van der Waals surface area contributed by atoms with E-state index >= 15 is 0 Å². The van der Waals surface area contributed by atoms with Crippen LogP contribution in [-0.2, 0) is 0 Å². The van der Waals surface area contributed by atoms with Crippen molar-refractivity contribution in [3.05, 3.63) is 12.7 Å². The Kier molecular flexibility index (Phi) is 3.55. The van der Waals surface area contributed by atoms with E-state index in [1.54, 1.807) is 0 Å². The third-order valence-corrected chi connectivity index (χ3v) is 9.30. The molecule has 4 fully saturated rings. The van der Waals surface area contributed by atoms with E-state index in [4.69, 9.17) is 0 Å². The Balaban J connectivity index is 1.67. The first-order chi connectivity index (χ1) is 10.5. The molecule has 0 bridgehead atoms. The first-order valence-corrected chi connectivity index (χ1v) is 10.1. The highest BCUT2D eigenvalue weighted by molar-refractivity contribution is 5.11. The Hall–Kier alpha value is -0.260. The monoisotopic (exact) mass is 300 g/mol. The molecule has 22 heavy (non-hydrogen) atoms. The summed E-state index contributed by atoms with van der Waals surface area (Å²) in [5, 5.41) is 0. The third kappa shape index (κ3) is 1.88. The van der Waals surface area contributed by atoms with E-state index in [0.29, 0.717) is 10.8 Å². The van der Waals surface area contributed by atoms with Crippen molar-refractivity contribution in [1.29, 1.82) is 0 Å². The summed E-state index contributed by atoms with van der Waals surface area (Å²) in [5.41, 5.74) is 1.26. The summed E-state index contributed by atoms with van der Waals surface area (Å²) in [6, 6.07) is 0. The highest BCUT2D eigenvalue weighted by Crippen LogP contribution is 2.68. The van der Waals surface area contributed by atoms with Crippen LogP contribution in [0.4, 0.5) is 0 Å². The summed E-state index contributed by atoms with van der Waals surface area (Å²) in [4.78, 5) is 0. The van der Waals surface area contributed by atoms with Crippen LogP contribution in [0.15, 0.2) is 12.7 Å². The van der Waals surface area contributed by atoms with E-state index in [2.05, 4.69) is 33.4 Å². The van der Waals surface area contributed by atoms with Crippen LogP contribution in [0.3, 0.4) is 0 Å². The molecule has 0 aromatic carbocycles. The van der Waals surface area contributed by atoms with Gasteiger partial charge in [0.25, 0.3) is 0 Å². The topological polar surface area (TPSA) is 0 Å². The molecule has 4 rings (SSSR count). The molecule has 0 radical (unpaired) electrons. The SMILES string of the molecule is C=C[C@H]1CC[C@H]2[C@@H]3C[C@H](C)C4CCCC[C@]4(C)[C@H]3CC[C@]12C. The van der Waals surface area contributed by atoms with Gasteiger partial charge in [-0.05, 0) is 91.3 Å². The van der Waals surface area contributed by atoms with E-state index in [1.807, 2.05) is 0 Å². The van der Waals surface area contributed by atoms with Crippen molar-refractivity contribution >= 4 is 0 Å². The zero-order chi connectivity index (χ0) is 15.5. The molecule has 4 aliphatic rings. The average Bonchev–Trinajstić information content (AvgIpc) is 2.84. The third-order valence-electron chi connectivity index (χ3n) is 9.30. The van der Waals surface area contributed by atoms with Crippen LogP contribution in [0.25, 0.3) is 0 Å². The fourth-order valence-electron chi connectivity index (χ4n) is 8.24. The summed E-state index contributed by atoms with van der Waals surface area (Å²) < 4.78 is 0. The smallest absolute Gasteiger partial charge is 0.0179 e. The van der Waals surface area contributed by atoms with Gasteiger partial charge in [0.05, 0.1) is 0 Å². The summed E-state index contributed by atoms with van der Waals surface area (Å²) in [6.45, 7) is 12.1. The minimum atomic E-state index is 0.584. The molecule has 0 nitrogen and oxygen atoms in total. The minimum absolute atomic E-state index is 0.584. The van der Waals surface area contributed by atoms with Crippen molar-refractivity contribution in [1.82, 2.24) is 0 Å². The van der Waals surface area contributed by atoms with Gasteiger partial charge < -0.3 is 0 Å². The lowest BCUT2D eigenvalue weighted by Gasteiger charge is -2.62. The maximum atomic E-state index is 4.18. The lowest BCUT2D eigenvalue weighted by molar-refractivity contribution is -0.129. The second-order valence-electron chi connectivity index (χ2n) is 9.91. The Morgan fingerprint density at radius 1 is 0.864 bits per heavy atom. The quantitative estimate of drug-likeness (QED) is 0.487. The number of rotatable bonds is 1. The fourth-order valence-corrected chi connectivity index (χ4v) is 8.24. The Morgan fingerprint density at radius 3 is 2.41 bits per heavy atom. The number of allylic oxidation sites excluding steroid dienone is 1. The largest absolute Gasteiger partial charge is 0.103 e. The zero-order valence-electron chi connectivity index (χ0n) is 15.1. The highest BCUT2D eigenvalue weighted by atomic mass is 14.6. The molecule has 0 aromatic heterocycles. The molecule has 1 unspecified atom stereocenters. The van der Waals surface area contributed by atoms with Gasteiger partial charge in [-0.25, -0.2) is 0 Å². The molecular weight excluding hydrogens is 264 g/mol. The summed E-state index contributed by atoms with van der Waals surface area (Å²) >= 11 is 0. The lowest BCUT2D eigenvalue weighted by Crippen LogP contribution is -2.54. The van der Waals surface area contributed by atoms with E-state index in [0.717, 1.165) is 35.5 Å². The molecule has 0 N–H and O–H groups in total. The molecule has 0 aromatic rings. The van der Waals surface area contributed by atoms with Crippen molar-refractivity contribution in [3.63, 3.8) is 0 Å². The molecule has 0 heterocycles. The minimum Gasteiger partial charge on any atom is -0.103 e. The van der Waals surface area contributed by atoms with Crippen LogP contribution in [0.1, 0.15) is 78.6 Å². The van der Waals surface area contributed by atoms with E-state index in [9.17, 15) is 0 Å². The maximum Gasteiger partial charge on any atom is -0.0179 e. The van der Waals surface area contributed by atoms with Gasteiger partial charge in [-0.15, -0.1) is 6.58 Å². The molecule has 4 saturated carbocycles. The van der Waals surface area contributed by atoms with Crippen molar-refractivity contribution < 1.29 is 0 Å². The first-order valence-electron chi connectivity index (χ1n) is 10.1. The van der Waals surface area contributed by atoms with Crippen LogP contribution in [0.5, 0.6) is 0 Å². The van der Waals surface area contributed by atoms with E-state index < -0.39 is 0 Å². The Bertz CT molecular complexity index is 451. The normalized spacial score (nSPS) is 57.6. The molecule has 8 atom stereocenters. The van der Waals surface area contributed by atoms with Gasteiger partial charge in [-0.3, -0.25) is 0 Å². The molecule has 0 saturated heterocycles. The van der Waals surface area contributed by atoms with Crippen molar-refractivity contribution in [2.45, 2.75) is 78.6 Å². The van der Waals surface area contributed by atoms with Crippen LogP contribution in [0, 0.1) is 46.3 Å². The van der Waals surface area contributed by atoms with Gasteiger partial charge in [-0.2, -0.15) is 0 Å². The number of hydrogen-bond donors (Lipinski definition) is 0. The van der Waals surface area contributed by atoms with Gasteiger partial charge in [0, 0.05) is 0 Å². The Labute approximate surface area is 138 Å². The highest BCUT2D eigenvalue weighted by Gasteiger charge is 2.60. The van der Waals surface area contributed by atoms with Gasteiger partial charge in [-0.1, -0.05) is 39.7 Å². The van der Waals surface area contributed by atoms with E-state index in [-0.39, 0.29) is 0 Å². The zero-order valence-corrected chi connectivity index (χ0v) is 15.1. The number of fused-ring (bicyclic) bond motifs is 5. The fraction of sp³-hybridized carbons (Fsp3) is 0.909. The van der Waals surface area contributed by atoms with Gasteiger partial charge >= 0.3 is 0 Å².